The van der Waals surface area contributed by atoms with E-state index in [0.717, 1.165) is 15.6 Å². The van der Waals surface area contributed by atoms with E-state index in [9.17, 15) is 9.18 Å². The predicted octanol–water partition coefficient (Wildman–Crippen LogP) is 6.26. The van der Waals surface area contributed by atoms with Gasteiger partial charge in [-0.3, -0.25) is 4.79 Å². The molecule has 5 heteroatoms. The zero-order valence-electron chi connectivity index (χ0n) is 16.3. The summed E-state index contributed by atoms with van der Waals surface area (Å²) < 4.78 is 25.9. The van der Waals surface area contributed by atoms with E-state index in [-0.39, 0.29) is 11.5 Å². The minimum Gasteiger partial charge on any atom is -0.497 e. The molecule has 0 saturated carbocycles. The van der Waals surface area contributed by atoms with Crippen molar-refractivity contribution >= 4 is 27.2 Å². The van der Waals surface area contributed by atoms with Crippen LogP contribution in [0.25, 0.3) is 20.5 Å². The van der Waals surface area contributed by atoms with E-state index < -0.39 is 5.82 Å². The molecule has 0 saturated heterocycles. The third kappa shape index (κ3) is 3.38. The maximum atomic E-state index is 14.4. The number of methoxy groups -OCH3 is 2. The van der Waals surface area contributed by atoms with Crippen LogP contribution in [-0.2, 0) is 0 Å². The highest BCUT2D eigenvalue weighted by Crippen LogP contribution is 2.44. The number of ether oxygens (including phenoxy) is 2. The zero-order chi connectivity index (χ0) is 20.5. The first kappa shape index (κ1) is 19.2. The molecule has 0 bridgehead atoms. The second-order valence-corrected chi connectivity index (χ2v) is 7.74. The molecule has 0 atom stereocenters. The summed E-state index contributed by atoms with van der Waals surface area (Å²) in [6.45, 7) is 2.01. The van der Waals surface area contributed by atoms with Crippen LogP contribution in [0.5, 0.6) is 11.5 Å². The van der Waals surface area contributed by atoms with E-state index in [1.54, 1.807) is 43.5 Å². The van der Waals surface area contributed by atoms with Gasteiger partial charge in [0.05, 0.1) is 19.1 Å². The maximum absolute atomic E-state index is 14.4. The number of halogens is 1. The maximum Gasteiger partial charge on any atom is 0.195 e. The van der Waals surface area contributed by atoms with Gasteiger partial charge in [-0.2, -0.15) is 0 Å². The number of fused-ring (bicyclic) bond motifs is 1. The van der Waals surface area contributed by atoms with Crippen molar-refractivity contribution in [3.8, 4) is 21.9 Å². The molecular weight excluding hydrogens is 387 g/mol. The van der Waals surface area contributed by atoms with Crippen molar-refractivity contribution in [1.29, 1.82) is 0 Å². The lowest BCUT2D eigenvalue weighted by Crippen LogP contribution is -2.03. The quantitative estimate of drug-likeness (QED) is 0.367. The minimum absolute atomic E-state index is 0.121. The largest absolute Gasteiger partial charge is 0.497 e. The summed E-state index contributed by atoms with van der Waals surface area (Å²) >= 11 is 1.47. The van der Waals surface area contributed by atoms with Gasteiger partial charge < -0.3 is 9.47 Å². The number of carbonyl (C=O) groups is 1. The van der Waals surface area contributed by atoms with Crippen molar-refractivity contribution in [1.82, 2.24) is 0 Å². The van der Waals surface area contributed by atoms with Crippen molar-refractivity contribution in [2.24, 2.45) is 0 Å². The highest BCUT2D eigenvalue weighted by Gasteiger charge is 2.24. The van der Waals surface area contributed by atoms with Crippen molar-refractivity contribution in [3.63, 3.8) is 0 Å². The SMILES string of the molecule is COc1ccc(C(=O)c2c(-c3cccc(F)c3OC)sc3cc(C)ccc23)cc1. The highest BCUT2D eigenvalue weighted by molar-refractivity contribution is 7.22. The van der Waals surface area contributed by atoms with Gasteiger partial charge in [-0.25, -0.2) is 4.39 Å². The first-order valence-electron chi connectivity index (χ1n) is 9.08. The van der Waals surface area contributed by atoms with Crippen LogP contribution in [0.15, 0.2) is 60.7 Å². The molecule has 0 N–H and O–H groups in total. The van der Waals surface area contributed by atoms with Crippen molar-refractivity contribution < 1.29 is 18.7 Å². The van der Waals surface area contributed by atoms with Crippen molar-refractivity contribution in [3.05, 3.63) is 83.2 Å². The molecule has 3 nitrogen and oxygen atoms in total. The Hall–Kier alpha value is -3.18. The summed E-state index contributed by atoms with van der Waals surface area (Å²) in [6.07, 6.45) is 0. The number of thiophene rings is 1. The van der Waals surface area contributed by atoms with Crippen LogP contribution < -0.4 is 9.47 Å². The summed E-state index contributed by atoms with van der Waals surface area (Å²) in [7, 11) is 3.02. The van der Waals surface area contributed by atoms with E-state index >= 15 is 0 Å². The molecule has 1 heterocycles. The Labute approximate surface area is 172 Å². The number of benzene rings is 3. The third-order valence-corrected chi connectivity index (χ3v) is 6.03. The summed E-state index contributed by atoms with van der Waals surface area (Å²) in [5.74, 6) is 0.240. The van der Waals surface area contributed by atoms with Gasteiger partial charge in [0.1, 0.15) is 5.75 Å². The summed E-state index contributed by atoms with van der Waals surface area (Å²) in [5, 5.41) is 0.850. The molecule has 0 aliphatic rings. The monoisotopic (exact) mass is 406 g/mol. The molecular formula is C24H19FO3S. The number of hydrogen-bond acceptors (Lipinski definition) is 4. The molecule has 29 heavy (non-hydrogen) atoms. The van der Waals surface area contributed by atoms with Gasteiger partial charge in [0.25, 0.3) is 0 Å². The van der Waals surface area contributed by atoms with E-state index in [1.807, 2.05) is 25.1 Å². The van der Waals surface area contributed by atoms with Crippen molar-refractivity contribution in [2.45, 2.75) is 6.92 Å². The summed E-state index contributed by atoms with van der Waals surface area (Å²) in [4.78, 5) is 14.2. The Morgan fingerprint density at radius 2 is 1.72 bits per heavy atom. The fraction of sp³-hybridized carbons (Fsp3) is 0.125. The van der Waals surface area contributed by atoms with Gasteiger partial charge in [0.15, 0.2) is 17.3 Å². The van der Waals surface area contributed by atoms with Crippen LogP contribution in [0.3, 0.4) is 0 Å². The van der Waals surface area contributed by atoms with Crippen LogP contribution in [0.2, 0.25) is 0 Å². The molecule has 0 aliphatic heterocycles. The van der Waals surface area contributed by atoms with E-state index in [0.29, 0.717) is 27.3 Å². The molecule has 0 aliphatic carbocycles. The van der Waals surface area contributed by atoms with Crippen LogP contribution in [-0.4, -0.2) is 20.0 Å². The Kier molecular flexibility index (Phi) is 5.07. The lowest BCUT2D eigenvalue weighted by Gasteiger charge is -2.10. The molecule has 146 valence electrons. The van der Waals surface area contributed by atoms with Gasteiger partial charge in [-0.1, -0.05) is 18.2 Å². The number of para-hydroxylation sites is 1. The van der Waals surface area contributed by atoms with Gasteiger partial charge in [-0.15, -0.1) is 11.3 Å². The van der Waals surface area contributed by atoms with Gasteiger partial charge in [0.2, 0.25) is 0 Å². The van der Waals surface area contributed by atoms with Crippen LogP contribution in [0, 0.1) is 12.7 Å². The molecule has 1 aromatic heterocycles. The minimum atomic E-state index is -0.457. The summed E-state index contributed by atoms with van der Waals surface area (Å²) in [5.41, 5.74) is 2.77. The average molecular weight is 406 g/mol. The number of carbonyl (C=O) groups excluding carboxylic acids is 1. The fourth-order valence-electron chi connectivity index (χ4n) is 3.40. The van der Waals surface area contributed by atoms with Gasteiger partial charge in [-0.05, 0) is 55.0 Å². The second kappa shape index (κ2) is 7.68. The highest BCUT2D eigenvalue weighted by atomic mass is 32.1. The number of aryl methyl sites for hydroxylation is 1. The Morgan fingerprint density at radius 3 is 2.41 bits per heavy atom. The molecule has 0 spiro atoms. The summed E-state index contributed by atoms with van der Waals surface area (Å²) in [6, 6.07) is 17.7. The van der Waals surface area contributed by atoms with Crippen molar-refractivity contribution in [2.75, 3.05) is 14.2 Å². The number of ketones is 1. The van der Waals surface area contributed by atoms with E-state index in [1.165, 1.54) is 24.5 Å². The van der Waals surface area contributed by atoms with E-state index in [2.05, 4.69) is 0 Å². The molecule has 4 aromatic rings. The predicted molar refractivity (Wildman–Crippen MR) is 115 cm³/mol. The Morgan fingerprint density at radius 1 is 0.966 bits per heavy atom. The molecule has 3 aromatic carbocycles. The smallest absolute Gasteiger partial charge is 0.195 e. The second-order valence-electron chi connectivity index (χ2n) is 6.68. The van der Waals surface area contributed by atoms with Gasteiger partial charge >= 0.3 is 0 Å². The third-order valence-electron chi connectivity index (χ3n) is 4.84. The Balaban J connectivity index is 1.98. The number of rotatable bonds is 5. The topological polar surface area (TPSA) is 35.5 Å². The molecule has 0 unspecified atom stereocenters. The van der Waals surface area contributed by atoms with Crippen LogP contribution in [0.4, 0.5) is 4.39 Å². The molecule has 0 fully saturated rings. The fourth-order valence-corrected chi connectivity index (χ4v) is 4.72. The normalized spacial score (nSPS) is 10.9. The first-order valence-corrected chi connectivity index (χ1v) is 9.90. The molecule has 0 radical (unpaired) electrons. The van der Waals surface area contributed by atoms with Crippen LogP contribution in [0.1, 0.15) is 21.5 Å². The van der Waals surface area contributed by atoms with Gasteiger partial charge in [0, 0.05) is 26.8 Å². The lowest BCUT2D eigenvalue weighted by molar-refractivity contribution is 0.104. The lowest BCUT2D eigenvalue weighted by atomic mass is 9.96. The average Bonchev–Trinajstić information content (AvgIpc) is 3.11. The Bertz CT molecular complexity index is 1210. The zero-order valence-corrected chi connectivity index (χ0v) is 17.1. The number of hydrogen-bond donors (Lipinski definition) is 0. The van der Waals surface area contributed by atoms with Crippen LogP contribution >= 0.6 is 11.3 Å². The standard InChI is InChI=1S/C24H19FO3S/c1-14-7-12-17-20(13-14)29-24(18-5-4-6-19(25)23(18)28-3)21(17)22(26)15-8-10-16(27-2)11-9-15/h4-13H,1-3H3. The first-order chi connectivity index (χ1) is 14.0. The molecule has 4 rings (SSSR count). The molecule has 0 amide bonds. The van der Waals surface area contributed by atoms with E-state index in [4.69, 9.17) is 9.47 Å².